The number of hydrogen-bond acceptors (Lipinski definition) is 3. The van der Waals surface area contributed by atoms with Crippen molar-refractivity contribution < 1.29 is 0 Å². The van der Waals surface area contributed by atoms with Crippen molar-refractivity contribution >= 4 is 11.8 Å². The third-order valence-corrected chi connectivity index (χ3v) is 2.67. The van der Waals surface area contributed by atoms with Crippen molar-refractivity contribution in [2.24, 2.45) is 7.05 Å². The molecule has 4 nitrogen and oxygen atoms in total. The fraction of sp³-hybridized carbons (Fsp3) is 0.556. The summed E-state index contributed by atoms with van der Waals surface area (Å²) < 4.78 is 2.69. The lowest BCUT2D eigenvalue weighted by Gasteiger charge is -2.05. The van der Waals surface area contributed by atoms with Gasteiger partial charge in [-0.1, -0.05) is 0 Å². The van der Waals surface area contributed by atoms with E-state index in [1.165, 1.54) is 21.4 Å². The highest BCUT2D eigenvalue weighted by Gasteiger charge is 2.01. The van der Waals surface area contributed by atoms with E-state index in [0.29, 0.717) is 6.54 Å². The monoisotopic (exact) mass is 214 g/mol. The van der Waals surface area contributed by atoms with Crippen LogP contribution >= 0.6 is 11.8 Å². The summed E-state index contributed by atoms with van der Waals surface area (Å²) in [6.45, 7) is 0.507. The van der Waals surface area contributed by atoms with Crippen molar-refractivity contribution in [1.82, 2.24) is 9.13 Å². The quantitative estimate of drug-likeness (QED) is 0.677. The molecule has 5 heteroatoms. The molecule has 0 radical (unpaired) electrons. The fourth-order valence-electron chi connectivity index (χ4n) is 1.19. The van der Waals surface area contributed by atoms with Crippen LogP contribution < -0.4 is 11.2 Å². The number of thioether (sulfide) groups is 1. The first kappa shape index (κ1) is 11.1. The van der Waals surface area contributed by atoms with Gasteiger partial charge in [-0.15, -0.1) is 0 Å². The van der Waals surface area contributed by atoms with Crippen LogP contribution in [0.15, 0.2) is 21.9 Å². The molecule has 1 aromatic heterocycles. The summed E-state index contributed by atoms with van der Waals surface area (Å²) in [5.41, 5.74) is -0.451. The number of aryl methyl sites for hydroxylation is 1. The summed E-state index contributed by atoms with van der Waals surface area (Å²) in [4.78, 5) is 22.8. The molecule has 0 aromatic carbocycles. The molecule has 0 aliphatic rings. The van der Waals surface area contributed by atoms with E-state index in [-0.39, 0.29) is 11.2 Å². The van der Waals surface area contributed by atoms with E-state index in [4.69, 9.17) is 0 Å². The second-order valence-corrected chi connectivity index (χ2v) is 4.03. The van der Waals surface area contributed by atoms with E-state index < -0.39 is 0 Å². The van der Waals surface area contributed by atoms with Gasteiger partial charge in [0.1, 0.15) is 0 Å². The molecule has 0 bridgehead atoms. The van der Waals surface area contributed by atoms with Gasteiger partial charge in [0, 0.05) is 25.9 Å². The Morgan fingerprint density at radius 3 is 2.79 bits per heavy atom. The zero-order valence-corrected chi connectivity index (χ0v) is 9.21. The molecule has 0 unspecified atom stereocenters. The van der Waals surface area contributed by atoms with Crippen LogP contribution in [-0.2, 0) is 13.6 Å². The van der Waals surface area contributed by atoms with Gasteiger partial charge in [-0.05, 0) is 18.4 Å². The van der Waals surface area contributed by atoms with Gasteiger partial charge >= 0.3 is 5.69 Å². The topological polar surface area (TPSA) is 44.0 Å². The van der Waals surface area contributed by atoms with Crippen LogP contribution in [0.25, 0.3) is 0 Å². The second-order valence-electron chi connectivity index (χ2n) is 3.05. The molecule has 0 amide bonds. The molecule has 1 rings (SSSR count). The maximum absolute atomic E-state index is 11.5. The summed E-state index contributed by atoms with van der Waals surface area (Å²) in [5.74, 6) is 0.963. The highest BCUT2D eigenvalue weighted by Crippen LogP contribution is 1.95. The van der Waals surface area contributed by atoms with Crippen molar-refractivity contribution in [2.45, 2.75) is 13.0 Å². The smallest absolute Gasteiger partial charge is 0.303 e. The fourth-order valence-corrected chi connectivity index (χ4v) is 1.60. The number of rotatable bonds is 4. The normalized spacial score (nSPS) is 10.4. The SMILES string of the molecule is CSCCCn1c(=O)ccn(C)c1=O. The lowest BCUT2D eigenvalue weighted by molar-refractivity contribution is 0.584. The van der Waals surface area contributed by atoms with Crippen LogP contribution in [0.2, 0.25) is 0 Å². The highest BCUT2D eigenvalue weighted by molar-refractivity contribution is 7.98. The summed E-state index contributed by atoms with van der Waals surface area (Å²) in [5, 5.41) is 0. The maximum atomic E-state index is 11.5. The largest absolute Gasteiger partial charge is 0.330 e. The minimum absolute atomic E-state index is 0.214. The maximum Gasteiger partial charge on any atom is 0.330 e. The summed E-state index contributed by atoms with van der Waals surface area (Å²) in [6.07, 6.45) is 4.35. The lowest BCUT2D eigenvalue weighted by Crippen LogP contribution is -2.38. The van der Waals surface area contributed by atoms with E-state index in [1.54, 1.807) is 18.8 Å². The highest BCUT2D eigenvalue weighted by atomic mass is 32.2. The molecule has 14 heavy (non-hydrogen) atoms. The molecule has 0 aliphatic carbocycles. The number of hydrogen-bond donors (Lipinski definition) is 0. The molecule has 1 aromatic rings. The van der Waals surface area contributed by atoms with Gasteiger partial charge in [0.15, 0.2) is 0 Å². The molecule has 0 saturated carbocycles. The second kappa shape index (κ2) is 5.05. The molecule has 78 valence electrons. The first-order valence-corrected chi connectivity index (χ1v) is 5.81. The number of aromatic nitrogens is 2. The Balaban J connectivity index is 2.90. The van der Waals surface area contributed by atoms with E-state index in [2.05, 4.69) is 0 Å². The predicted molar refractivity (Wildman–Crippen MR) is 58.9 cm³/mol. The first-order chi connectivity index (χ1) is 6.66. The third-order valence-electron chi connectivity index (χ3n) is 1.97. The molecule has 0 fully saturated rings. The van der Waals surface area contributed by atoms with Crippen molar-refractivity contribution in [3.05, 3.63) is 33.1 Å². The molecule has 0 saturated heterocycles. The van der Waals surface area contributed by atoms with Gasteiger partial charge in [0.25, 0.3) is 5.56 Å². The van der Waals surface area contributed by atoms with Crippen LogP contribution in [0.3, 0.4) is 0 Å². The zero-order chi connectivity index (χ0) is 10.6. The zero-order valence-electron chi connectivity index (χ0n) is 8.40. The first-order valence-electron chi connectivity index (χ1n) is 4.42. The van der Waals surface area contributed by atoms with Crippen molar-refractivity contribution in [3.8, 4) is 0 Å². The van der Waals surface area contributed by atoms with Crippen molar-refractivity contribution in [1.29, 1.82) is 0 Å². The third kappa shape index (κ3) is 2.51. The van der Waals surface area contributed by atoms with Gasteiger partial charge in [-0.2, -0.15) is 11.8 Å². The lowest BCUT2D eigenvalue weighted by atomic mass is 10.4. The van der Waals surface area contributed by atoms with Gasteiger partial charge in [-0.3, -0.25) is 9.36 Å². The minimum atomic E-state index is -0.237. The van der Waals surface area contributed by atoms with E-state index in [9.17, 15) is 9.59 Å². The van der Waals surface area contributed by atoms with Crippen molar-refractivity contribution in [2.75, 3.05) is 12.0 Å². The van der Waals surface area contributed by atoms with Crippen LogP contribution in [0.5, 0.6) is 0 Å². The molecule has 0 aliphatic heterocycles. The number of nitrogens with zero attached hydrogens (tertiary/aromatic N) is 2. The van der Waals surface area contributed by atoms with Crippen LogP contribution in [-0.4, -0.2) is 21.1 Å². The van der Waals surface area contributed by atoms with Crippen LogP contribution in [0, 0.1) is 0 Å². The Labute approximate surface area is 86.6 Å². The van der Waals surface area contributed by atoms with Gasteiger partial charge in [-0.25, -0.2) is 4.79 Å². The Kier molecular flexibility index (Phi) is 4.00. The van der Waals surface area contributed by atoms with Crippen LogP contribution in [0.4, 0.5) is 0 Å². The predicted octanol–water partition coefficient (Wildman–Crippen LogP) is 0.300. The van der Waals surface area contributed by atoms with Crippen LogP contribution in [0.1, 0.15) is 6.42 Å². The Morgan fingerprint density at radius 2 is 2.14 bits per heavy atom. The molecule has 0 atom stereocenters. The minimum Gasteiger partial charge on any atom is -0.303 e. The van der Waals surface area contributed by atoms with Gasteiger partial charge in [0.05, 0.1) is 0 Å². The van der Waals surface area contributed by atoms with Gasteiger partial charge in [0.2, 0.25) is 0 Å². The van der Waals surface area contributed by atoms with E-state index in [0.717, 1.165) is 12.2 Å². The summed E-state index contributed by atoms with van der Waals surface area (Å²) in [6, 6.07) is 1.42. The molecular formula is C9H14N2O2S. The molecular weight excluding hydrogens is 200 g/mol. The van der Waals surface area contributed by atoms with E-state index in [1.807, 2.05) is 6.26 Å². The Morgan fingerprint density at radius 1 is 1.43 bits per heavy atom. The average molecular weight is 214 g/mol. The Hall–Kier alpha value is -0.970. The summed E-state index contributed by atoms with van der Waals surface area (Å²) in [7, 11) is 1.65. The van der Waals surface area contributed by atoms with Gasteiger partial charge < -0.3 is 4.57 Å². The Bertz CT molecular complexity index is 408. The average Bonchev–Trinajstić information content (AvgIpc) is 2.18. The molecule has 1 heterocycles. The van der Waals surface area contributed by atoms with Crippen molar-refractivity contribution in [3.63, 3.8) is 0 Å². The summed E-state index contributed by atoms with van der Waals surface area (Å²) >= 11 is 1.71. The van der Waals surface area contributed by atoms with E-state index >= 15 is 0 Å². The molecule has 0 N–H and O–H groups in total. The molecule has 0 spiro atoms. The standard InChI is InChI=1S/C9H14N2O2S/c1-10-6-4-8(12)11(9(10)13)5-3-7-14-2/h4,6H,3,5,7H2,1-2H3.